The first kappa shape index (κ1) is 28.9. The number of thiazole rings is 1. The van der Waals surface area contributed by atoms with Crippen LogP contribution >= 0.6 is 34.5 Å². The molecule has 3 aromatic carbocycles. The lowest BCUT2D eigenvalue weighted by Crippen LogP contribution is -2.39. The van der Waals surface area contributed by atoms with Crippen LogP contribution in [0.4, 0.5) is 0 Å². The molecule has 0 saturated carbocycles. The number of esters is 1. The maximum atomic E-state index is 14.2. The Balaban J connectivity index is 1.57. The van der Waals surface area contributed by atoms with Crippen LogP contribution in [0.5, 0.6) is 0 Å². The van der Waals surface area contributed by atoms with Gasteiger partial charge in [0.1, 0.15) is 5.69 Å². The van der Waals surface area contributed by atoms with E-state index in [0.717, 1.165) is 22.4 Å². The minimum absolute atomic E-state index is 0.212. The van der Waals surface area contributed by atoms with Crippen LogP contribution in [0, 0.1) is 6.92 Å². The van der Waals surface area contributed by atoms with E-state index in [1.165, 1.54) is 11.3 Å². The SMILES string of the molecule is CCOC(=O)C1=C(C)N=c2s/c(=C\c3cn(-c4ccccc4)nc3-c3ccc(Cl)c(Cl)c3)c(=O)n2[C@H]1c1ccc(C)cc1. The molecule has 0 spiro atoms. The average Bonchev–Trinajstić information content (AvgIpc) is 3.55. The second-order valence-electron chi connectivity index (χ2n) is 10.1. The number of hydrogen-bond donors (Lipinski definition) is 0. The topological polar surface area (TPSA) is 78.5 Å². The molecule has 10 heteroatoms. The van der Waals surface area contributed by atoms with Crippen molar-refractivity contribution in [3.05, 3.63) is 137 Å². The zero-order chi connectivity index (χ0) is 30.2. The van der Waals surface area contributed by atoms with E-state index in [4.69, 9.17) is 33.0 Å². The molecule has 0 saturated heterocycles. The lowest BCUT2D eigenvalue weighted by Gasteiger charge is -2.24. The summed E-state index contributed by atoms with van der Waals surface area (Å²) in [5.74, 6) is -0.491. The number of aromatic nitrogens is 3. The number of fused-ring (bicyclic) bond motifs is 1. The average molecular weight is 630 g/mol. The summed E-state index contributed by atoms with van der Waals surface area (Å²) < 4.78 is 9.20. The Morgan fingerprint density at radius 2 is 1.77 bits per heavy atom. The van der Waals surface area contributed by atoms with Crippen molar-refractivity contribution in [1.82, 2.24) is 14.3 Å². The van der Waals surface area contributed by atoms with Gasteiger partial charge in [0, 0.05) is 17.3 Å². The van der Waals surface area contributed by atoms with Gasteiger partial charge < -0.3 is 4.74 Å². The van der Waals surface area contributed by atoms with Crippen LogP contribution in [0.25, 0.3) is 23.0 Å². The fraction of sp³-hybridized carbons (Fsp3) is 0.152. The summed E-state index contributed by atoms with van der Waals surface area (Å²) in [6.07, 6.45) is 3.68. The number of aryl methyl sites for hydroxylation is 1. The molecule has 0 aliphatic carbocycles. The Kier molecular flexibility index (Phi) is 7.92. The minimum atomic E-state index is -0.681. The molecule has 1 aliphatic heterocycles. The van der Waals surface area contributed by atoms with E-state index < -0.39 is 12.0 Å². The molecule has 1 atom stereocenters. The Hall–Kier alpha value is -4.24. The van der Waals surface area contributed by atoms with Crippen LogP contribution < -0.4 is 14.9 Å². The number of allylic oxidation sites excluding steroid dienone is 1. The zero-order valence-corrected chi connectivity index (χ0v) is 25.9. The molecule has 0 N–H and O–H groups in total. The number of halogens is 2. The molecule has 5 aromatic rings. The molecule has 43 heavy (non-hydrogen) atoms. The lowest BCUT2D eigenvalue weighted by atomic mass is 9.95. The number of nitrogens with zero attached hydrogens (tertiary/aromatic N) is 4. The normalized spacial score (nSPS) is 14.9. The van der Waals surface area contributed by atoms with Crippen molar-refractivity contribution in [3.63, 3.8) is 0 Å². The van der Waals surface area contributed by atoms with Crippen molar-refractivity contribution in [2.45, 2.75) is 26.8 Å². The Morgan fingerprint density at radius 3 is 2.47 bits per heavy atom. The predicted octanol–water partition coefficient (Wildman–Crippen LogP) is 6.27. The molecule has 0 bridgehead atoms. The fourth-order valence-electron chi connectivity index (χ4n) is 5.07. The van der Waals surface area contributed by atoms with E-state index in [-0.39, 0.29) is 12.2 Å². The molecule has 1 aliphatic rings. The monoisotopic (exact) mass is 628 g/mol. The Bertz CT molecular complexity index is 2080. The van der Waals surface area contributed by atoms with E-state index in [1.54, 1.807) is 35.2 Å². The molecule has 7 nitrogen and oxygen atoms in total. The standard InChI is InChI=1S/C33H26Cl2N4O3S/c1-4-42-32(41)28-20(3)36-33-39(30(28)21-12-10-19(2)11-13-21)31(40)27(43-33)17-23-18-38(24-8-6-5-7-9-24)37-29(23)22-14-15-25(34)26(35)16-22/h5-18,30H,4H2,1-3H3/b27-17-/t30-/m0/s1. The molecule has 3 heterocycles. The van der Waals surface area contributed by atoms with Gasteiger partial charge in [0.2, 0.25) is 0 Å². The molecule has 216 valence electrons. The summed E-state index contributed by atoms with van der Waals surface area (Å²) in [6, 6.07) is 22.1. The molecule has 0 fully saturated rings. The van der Waals surface area contributed by atoms with Crippen molar-refractivity contribution in [3.8, 4) is 16.9 Å². The maximum Gasteiger partial charge on any atom is 0.338 e. The van der Waals surface area contributed by atoms with Gasteiger partial charge in [0.15, 0.2) is 4.80 Å². The number of hydrogen-bond acceptors (Lipinski definition) is 6. The van der Waals surface area contributed by atoms with Gasteiger partial charge >= 0.3 is 5.97 Å². The summed E-state index contributed by atoms with van der Waals surface area (Å²) in [7, 11) is 0. The van der Waals surface area contributed by atoms with Gasteiger partial charge in [-0.05, 0) is 56.7 Å². The number of ether oxygens (including phenoxy) is 1. The van der Waals surface area contributed by atoms with E-state index in [0.29, 0.717) is 41.9 Å². The van der Waals surface area contributed by atoms with Gasteiger partial charge in [-0.1, -0.05) is 88.6 Å². The molecule has 6 rings (SSSR count). The fourth-order valence-corrected chi connectivity index (χ4v) is 6.41. The van der Waals surface area contributed by atoms with Crippen LogP contribution in [0.15, 0.2) is 100 Å². The summed E-state index contributed by atoms with van der Waals surface area (Å²) in [4.78, 5) is 32.5. The van der Waals surface area contributed by atoms with Gasteiger partial charge in [-0.15, -0.1) is 0 Å². The van der Waals surface area contributed by atoms with Crippen molar-refractivity contribution >= 4 is 46.6 Å². The van der Waals surface area contributed by atoms with E-state index in [2.05, 4.69) is 4.99 Å². The first-order valence-corrected chi connectivity index (χ1v) is 15.2. The number of para-hydroxylation sites is 1. The van der Waals surface area contributed by atoms with Crippen LogP contribution in [-0.4, -0.2) is 26.9 Å². The summed E-state index contributed by atoms with van der Waals surface area (Å²) in [5, 5.41) is 5.69. The smallest absolute Gasteiger partial charge is 0.338 e. The van der Waals surface area contributed by atoms with Crippen molar-refractivity contribution in [2.24, 2.45) is 4.99 Å². The van der Waals surface area contributed by atoms with Crippen molar-refractivity contribution < 1.29 is 9.53 Å². The van der Waals surface area contributed by atoms with Crippen LogP contribution in [0.3, 0.4) is 0 Å². The quantitative estimate of drug-likeness (QED) is 0.208. The molecule has 0 unspecified atom stereocenters. The highest BCUT2D eigenvalue weighted by Crippen LogP contribution is 2.32. The van der Waals surface area contributed by atoms with Crippen LogP contribution in [-0.2, 0) is 9.53 Å². The molecule has 2 aromatic heterocycles. The second-order valence-corrected chi connectivity index (χ2v) is 11.9. The largest absolute Gasteiger partial charge is 0.463 e. The summed E-state index contributed by atoms with van der Waals surface area (Å²) in [5.41, 5.74) is 5.41. The molecule has 0 amide bonds. The van der Waals surface area contributed by atoms with Gasteiger partial charge in [-0.3, -0.25) is 9.36 Å². The highest BCUT2D eigenvalue weighted by molar-refractivity contribution is 7.07. The first-order chi connectivity index (χ1) is 20.7. The number of carbonyl (C=O) groups is 1. The zero-order valence-electron chi connectivity index (χ0n) is 23.5. The minimum Gasteiger partial charge on any atom is -0.463 e. The third kappa shape index (κ3) is 5.49. The van der Waals surface area contributed by atoms with Crippen molar-refractivity contribution in [2.75, 3.05) is 6.61 Å². The van der Waals surface area contributed by atoms with E-state index in [1.807, 2.05) is 79.9 Å². The summed E-state index contributed by atoms with van der Waals surface area (Å²) >= 11 is 13.8. The highest BCUT2D eigenvalue weighted by atomic mass is 35.5. The van der Waals surface area contributed by atoms with Crippen LogP contribution in [0.2, 0.25) is 10.0 Å². The second kappa shape index (κ2) is 11.8. The van der Waals surface area contributed by atoms with E-state index in [9.17, 15) is 9.59 Å². The number of rotatable bonds is 6. The molecular weight excluding hydrogens is 603 g/mol. The third-order valence-corrected chi connectivity index (χ3v) is 8.88. The van der Waals surface area contributed by atoms with Crippen molar-refractivity contribution in [1.29, 1.82) is 0 Å². The van der Waals surface area contributed by atoms with Crippen LogP contribution in [0.1, 0.15) is 36.6 Å². The van der Waals surface area contributed by atoms with Gasteiger partial charge in [-0.25, -0.2) is 14.5 Å². The highest BCUT2D eigenvalue weighted by Gasteiger charge is 2.33. The van der Waals surface area contributed by atoms with Gasteiger partial charge in [0.05, 0.1) is 44.2 Å². The molecular formula is C33H26Cl2N4O3S. The predicted molar refractivity (Wildman–Crippen MR) is 171 cm³/mol. The van der Waals surface area contributed by atoms with Gasteiger partial charge in [0.25, 0.3) is 5.56 Å². The Labute approximate surface area is 261 Å². The summed E-state index contributed by atoms with van der Waals surface area (Å²) in [6.45, 7) is 5.73. The molecule has 0 radical (unpaired) electrons. The van der Waals surface area contributed by atoms with Gasteiger partial charge in [-0.2, -0.15) is 5.10 Å². The maximum absolute atomic E-state index is 14.2. The number of carbonyl (C=O) groups excluding carboxylic acids is 1. The lowest BCUT2D eigenvalue weighted by molar-refractivity contribution is -0.139. The Morgan fingerprint density at radius 1 is 1.02 bits per heavy atom. The third-order valence-electron chi connectivity index (χ3n) is 7.15. The van der Waals surface area contributed by atoms with E-state index >= 15 is 0 Å². The number of benzene rings is 3. The first-order valence-electron chi connectivity index (χ1n) is 13.6.